The standard InChI is InChI=1S/C20H18ClFN2O3/c1-2-26-17-11-13(22)7-8-16(17)24-19(25)9-10-20-23-12-18(27-20)14-5-3-4-6-15(14)21/h3-8,11-12H,2,9-10H2,1H3,(H,24,25). The van der Waals surface area contributed by atoms with Gasteiger partial charge in [-0.1, -0.05) is 23.7 Å². The Morgan fingerprint density at radius 3 is 2.89 bits per heavy atom. The van der Waals surface area contributed by atoms with Gasteiger partial charge in [-0.15, -0.1) is 0 Å². The average Bonchev–Trinajstić information content (AvgIpc) is 3.12. The van der Waals surface area contributed by atoms with Crippen molar-refractivity contribution in [2.45, 2.75) is 19.8 Å². The number of carbonyl (C=O) groups is 1. The molecule has 0 fully saturated rings. The Labute approximate surface area is 161 Å². The Hall–Kier alpha value is -2.86. The van der Waals surface area contributed by atoms with Crippen LogP contribution in [-0.2, 0) is 11.2 Å². The van der Waals surface area contributed by atoms with Gasteiger partial charge in [0, 0.05) is 24.5 Å². The predicted octanol–water partition coefficient (Wildman–Crippen LogP) is 5.10. The Kier molecular flexibility index (Phi) is 6.08. The highest BCUT2D eigenvalue weighted by Gasteiger charge is 2.13. The minimum absolute atomic E-state index is 0.158. The van der Waals surface area contributed by atoms with Crippen LogP contribution in [0.25, 0.3) is 11.3 Å². The van der Waals surface area contributed by atoms with Gasteiger partial charge in [0.25, 0.3) is 0 Å². The van der Waals surface area contributed by atoms with Crippen LogP contribution in [0.15, 0.2) is 53.1 Å². The number of amides is 1. The van der Waals surface area contributed by atoms with Gasteiger partial charge in [0.05, 0.1) is 23.5 Å². The van der Waals surface area contributed by atoms with E-state index in [1.807, 2.05) is 18.2 Å². The lowest BCUT2D eigenvalue weighted by Crippen LogP contribution is -2.13. The lowest BCUT2D eigenvalue weighted by atomic mass is 10.2. The third-order valence-corrected chi connectivity index (χ3v) is 4.11. The highest BCUT2D eigenvalue weighted by atomic mass is 35.5. The van der Waals surface area contributed by atoms with Gasteiger partial charge in [-0.3, -0.25) is 4.79 Å². The molecule has 0 atom stereocenters. The first-order chi connectivity index (χ1) is 13.1. The summed E-state index contributed by atoms with van der Waals surface area (Å²) in [4.78, 5) is 16.4. The number of anilines is 1. The number of halogens is 2. The van der Waals surface area contributed by atoms with Crippen LogP contribution in [0.3, 0.4) is 0 Å². The van der Waals surface area contributed by atoms with E-state index in [1.165, 1.54) is 18.2 Å². The molecular formula is C20H18ClFN2O3. The number of benzene rings is 2. The number of nitrogens with zero attached hydrogens (tertiary/aromatic N) is 1. The maximum Gasteiger partial charge on any atom is 0.224 e. The molecule has 0 bridgehead atoms. The summed E-state index contributed by atoms with van der Waals surface area (Å²) in [7, 11) is 0. The summed E-state index contributed by atoms with van der Waals surface area (Å²) in [5.74, 6) is 0.601. The summed E-state index contributed by atoms with van der Waals surface area (Å²) in [5, 5.41) is 3.29. The number of rotatable bonds is 7. The number of hydrogen-bond donors (Lipinski definition) is 1. The topological polar surface area (TPSA) is 64.4 Å². The Morgan fingerprint density at radius 2 is 2.11 bits per heavy atom. The second kappa shape index (κ2) is 8.68. The van der Waals surface area contributed by atoms with Crippen molar-refractivity contribution in [1.82, 2.24) is 4.98 Å². The number of nitrogens with one attached hydrogen (secondary N) is 1. The molecule has 1 amide bonds. The van der Waals surface area contributed by atoms with Gasteiger partial charge in [0.2, 0.25) is 5.91 Å². The lowest BCUT2D eigenvalue weighted by molar-refractivity contribution is -0.116. The minimum atomic E-state index is -0.427. The number of aryl methyl sites for hydroxylation is 1. The smallest absolute Gasteiger partial charge is 0.224 e. The summed E-state index contributed by atoms with van der Waals surface area (Å²) < 4.78 is 24.4. The molecule has 0 aliphatic carbocycles. The predicted molar refractivity (Wildman–Crippen MR) is 101 cm³/mol. The third-order valence-electron chi connectivity index (χ3n) is 3.78. The highest BCUT2D eigenvalue weighted by molar-refractivity contribution is 6.33. The lowest BCUT2D eigenvalue weighted by Gasteiger charge is -2.11. The molecule has 140 valence electrons. The zero-order chi connectivity index (χ0) is 19.2. The van der Waals surface area contributed by atoms with Crippen molar-refractivity contribution in [3.05, 3.63) is 65.4 Å². The van der Waals surface area contributed by atoms with Crippen molar-refractivity contribution in [3.63, 3.8) is 0 Å². The van der Waals surface area contributed by atoms with Crippen LogP contribution in [-0.4, -0.2) is 17.5 Å². The van der Waals surface area contributed by atoms with Crippen LogP contribution in [0.4, 0.5) is 10.1 Å². The van der Waals surface area contributed by atoms with E-state index < -0.39 is 5.82 Å². The molecule has 0 saturated carbocycles. The van der Waals surface area contributed by atoms with E-state index in [1.54, 1.807) is 19.2 Å². The normalized spacial score (nSPS) is 10.6. The maximum atomic E-state index is 13.3. The molecule has 27 heavy (non-hydrogen) atoms. The monoisotopic (exact) mass is 388 g/mol. The summed E-state index contributed by atoms with van der Waals surface area (Å²) in [5.41, 5.74) is 1.17. The summed E-state index contributed by atoms with van der Waals surface area (Å²) in [6, 6.07) is 11.3. The van der Waals surface area contributed by atoms with Crippen LogP contribution in [0.2, 0.25) is 5.02 Å². The van der Waals surface area contributed by atoms with E-state index in [9.17, 15) is 9.18 Å². The number of ether oxygens (including phenoxy) is 1. The van der Waals surface area contributed by atoms with Crippen LogP contribution in [0, 0.1) is 5.82 Å². The van der Waals surface area contributed by atoms with Crippen molar-refractivity contribution in [3.8, 4) is 17.1 Å². The molecule has 3 rings (SSSR count). The van der Waals surface area contributed by atoms with E-state index in [0.717, 1.165) is 5.56 Å². The molecule has 2 aromatic carbocycles. The van der Waals surface area contributed by atoms with Crippen molar-refractivity contribution < 1.29 is 18.3 Å². The molecule has 7 heteroatoms. The van der Waals surface area contributed by atoms with Gasteiger partial charge >= 0.3 is 0 Å². The molecule has 0 saturated heterocycles. The average molecular weight is 389 g/mol. The number of oxazole rings is 1. The fraction of sp³-hybridized carbons (Fsp3) is 0.200. The van der Waals surface area contributed by atoms with Gasteiger partial charge in [-0.25, -0.2) is 9.37 Å². The zero-order valence-corrected chi connectivity index (χ0v) is 15.4. The second-order valence-electron chi connectivity index (χ2n) is 5.72. The minimum Gasteiger partial charge on any atom is -0.492 e. The largest absolute Gasteiger partial charge is 0.492 e. The highest BCUT2D eigenvalue weighted by Crippen LogP contribution is 2.28. The number of carbonyl (C=O) groups excluding carboxylic acids is 1. The van der Waals surface area contributed by atoms with Gasteiger partial charge in [-0.05, 0) is 31.2 Å². The Morgan fingerprint density at radius 1 is 1.30 bits per heavy atom. The molecule has 3 aromatic rings. The third kappa shape index (κ3) is 4.86. The van der Waals surface area contributed by atoms with Crippen LogP contribution >= 0.6 is 11.6 Å². The molecule has 0 spiro atoms. The van der Waals surface area contributed by atoms with Crippen LogP contribution in [0.1, 0.15) is 19.2 Å². The van der Waals surface area contributed by atoms with Crippen molar-refractivity contribution in [2.75, 3.05) is 11.9 Å². The number of hydrogen-bond acceptors (Lipinski definition) is 4. The Bertz CT molecular complexity index is 942. The SMILES string of the molecule is CCOc1cc(F)ccc1NC(=O)CCc1ncc(-c2ccccc2Cl)o1. The van der Waals surface area contributed by atoms with E-state index in [-0.39, 0.29) is 12.3 Å². The molecule has 0 radical (unpaired) electrons. The first kappa shape index (κ1) is 18.9. The molecule has 0 unspecified atom stereocenters. The molecule has 0 aliphatic heterocycles. The van der Waals surface area contributed by atoms with Gasteiger partial charge in [-0.2, -0.15) is 0 Å². The van der Waals surface area contributed by atoms with Crippen LogP contribution in [0.5, 0.6) is 5.75 Å². The van der Waals surface area contributed by atoms with E-state index in [2.05, 4.69) is 10.3 Å². The molecule has 0 aliphatic rings. The second-order valence-corrected chi connectivity index (χ2v) is 6.13. The van der Waals surface area contributed by atoms with Gasteiger partial charge in [0.1, 0.15) is 11.6 Å². The van der Waals surface area contributed by atoms with E-state index in [4.69, 9.17) is 20.8 Å². The summed E-state index contributed by atoms with van der Waals surface area (Å²) in [6.45, 7) is 2.16. The first-order valence-electron chi connectivity index (χ1n) is 8.48. The summed E-state index contributed by atoms with van der Waals surface area (Å²) >= 11 is 6.15. The number of aromatic nitrogens is 1. The zero-order valence-electron chi connectivity index (χ0n) is 14.7. The van der Waals surface area contributed by atoms with Crippen molar-refractivity contribution in [1.29, 1.82) is 0 Å². The quantitative estimate of drug-likeness (QED) is 0.611. The first-order valence-corrected chi connectivity index (χ1v) is 8.86. The molecule has 1 N–H and O–H groups in total. The fourth-order valence-corrected chi connectivity index (χ4v) is 2.75. The van der Waals surface area contributed by atoms with E-state index >= 15 is 0 Å². The Balaban J connectivity index is 1.61. The molecular weight excluding hydrogens is 371 g/mol. The maximum absolute atomic E-state index is 13.3. The molecule has 5 nitrogen and oxygen atoms in total. The van der Waals surface area contributed by atoms with Gasteiger partial charge in [0.15, 0.2) is 11.7 Å². The molecule has 1 aromatic heterocycles. The van der Waals surface area contributed by atoms with Gasteiger partial charge < -0.3 is 14.5 Å². The van der Waals surface area contributed by atoms with Crippen LogP contribution < -0.4 is 10.1 Å². The van der Waals surface area contributed by atoms with E-state index in [0.29, 0.717) is 41.1 Å². The molecule has 1 heterocycles. The van der Waals surface area contributed by atoms with Crippen molar-refractivity contribution >= 4 is 23.2 Å². The fourth-order valence-electron chi connectivity index (χ4n) is 2.52. The summed E-state index contributed by atoms with van der Waals surface area (Å²) in [6.07, 6.45) is 2.06. The van der Waals surface area contributed by atoms with Crippen molar-refractivity contribution in [2.24, 2.45) is 0 Å².